The summed E-state index contributed by atoms with van der Waals surface area (Å²) in [6, 6.07) is 0. The zero-order chi connectivity index (χ0) is 18.3. The molecule has 0 aromatic heterocycles. The Morgan fingerprint density at radius 2 is 1.38 bits per heavy atom. The summed E-state index contributed by atoms with van der Waals surface area (Å²) in [5.41, 5.74) is 2.86. The zero-order valence-corrected chi connectivity index (χ0v) is 16.5. The quantitative estimate of drug-likeness (QED) is 0.272. The van der Waals surface area contributed by atoms with Crippen molar-refractivity contribution in [3.63, 3.8) is 0 Å². The number of hydrogen-bond donors (Lipinski definition) is 2. The molecule has 24 heavy (non-hydrogen) atoms. The average Bonchev–Trinajstić information content (AvgIpc) is 2.48. The minimum Gasteiger partial charge on any atom is -0.356 e. The topological polar surface area (TPSA) is 58.2 Å². The van der Waals surface area contributed by atoms with E-state index in [2.05, 4.69) is 17.7 Å². The standard InChI is InChI=1S/C19H39N3O2/c1-5-6-7-8-9-10-11-12-13-15-19(24)20-16-14-17-22(3,4)21-18(2)23/h5-17H2,1-4H3,(H-,20,21,23,24)/p+1. The highest BCUT2D eigenvalue weighted by Gasteiger charge is 2.15. The number of amides is 2. The van der Waals surface area contributed by atoms with Crippen LogP contribution in [0, 0.1) is 0 Å². The molecule has 0 bridgehead atoms. The van der Waals surface area contributed by atoms with Gasteiger partial charge in [0.25, 0.3) is 5.91 Å². The van der Waals surface area contributed by atoms with Gasteiger partial charge in [-0.25, -0.2) is 10.0 Å². The Hall–Kier alpha value is -1.10. The fourth-order valence-electron chi connectivity index (χ4n) is 2.87. The lowest BCUT2D eigenvalue weighted by molar-refractivity contribution is -0.925. The van der Waals surface area contributed by atoms with E-state index in [0.29, 0.717) is 17.6 Å². The second kappa shape index (κ2) is 14.3. The molecule has 0 rings (SSSR count). The van der Waals surface area contributed by atoms with Crippen molar-refractivity contribution < 1.29 is 14.2 Å². The van der Waals surface area contributed by atoms with Gasteiger partial charge in [-0.15, -0.1) is 0 Å². The van der Waals surface area contributed by atoms with Crippen LogP contribution in [0.25, 0.3) is 0 Å². The van der Waals surface area contributed by atoms with Crippen LogP contribution in [0.15, 0.2) is 0 Å². The summed E-state index contributed by atoms with van der Waals surface area (Å²) in [5, 5.41) is 2.97. The third kappa shape index (κ3) is 15.8. The van der Waals surface area contributed by atoms with Crippen molar-refractivity contribution >= 4 is 11.8 Å². The first kappa shape index (κ1) is 22.9. The highest BCUT2D eigenvalue weighted by atomic mass is 16.2. The van der Waals surface area contributed by atoms with Gasteiger partial charge < -0.3 is 5.32 Å². The van der Waals surface area contributed by atoms with Gasteiger partial charge >= 0.3 is 0 Å². The van der Waals surface area contributed by atoms with E-state index in [-0.39, 0.29) is 11.8 Å². The van der Waals surface area contributed by atoms with E-state index in [9.17, 15) is 9.59 Å². The molecule has 0 aliphatic carbocycles. The highest BCUT2D eigenvalue weighted by Crippen LogP contribution is 2.10. The van der Waals surface area contributed by atoms with Gasteiger partial charge in [0, 0.05) is 26.3 Å². The van der Waals surface area contributed by atoms with Crippen molar-refractivity contribution in [1.29, 1.82) is 0 Å². The molecule has 0 aliphatic rings. The van der Waals surface area contributed by atoms with Gasteiger partial charge in [0.15, 0.2) is 0 Å². The number of carbonyl (C=O) groups is 2. The SMILES string of the molecule is CCCCCCCCCCCC(=O)NCCC[N+](C)(C)NC(C)=O. The van der Waals surface area contributed by atoms with E-state index in [0.717, 1.165) is 25.8 Å². The molecular formula is C19H40N3O2+. The van der Waals surface area contributed by atoms with Gasteiger partial charge in [-0.05, 0) is 6.42 Å². The van der Waals surface area contributed by atoms with Crippen LogP contribution in [0.3, 0.4) is 0 Å². The number of unbranched alkanes of at least 4 members (excludes halogenated alkanes) is 8. The summed E-state index contributed by atoms with van der Waals surface area (Å²) in [6.45, 7) is 5.25. The van der Waals surface area contributed by atoms with E-state index in [4.69, 9.17) is 0 Å². The molecule has 5 nitrogen and oxygen atoms in total. The van der Waals surface area contributed by atoms with Gasteiger partial charge in [0.1, 0.15) is 6.54 Å². The van der Waals surface area contributed by atoms with Crippen LogP contribution in [0.5, 0.6) is 0 Å². The smallest absolute Gasteiger partial charge is 0.261 e. The fourth-order valence-corrected chi connectivity index (χ4v) is 2.87. The molecule has 5 heteroatoms. The Labute approximate surface area is 149 Å². The summed E-state index contributed by atoms with van der Waals surface area (Å²) in [6.07, 6.45) is 13.0. The second-order valence-corrected chi connectivity index (χ2v) is 7.36. The van der Waals surface area contributed by atoms with E-state index >= 15 is 0 Å². The number of nitrogens with zero attached hydrogens (tertiary/aromatic N) is 1. The average molecular weight is 343 g/mol. The second-order valence-electron chi connectivity index (χ2n) is 7.36. The maximum Gasteiger partial charge on any atom is 0.261 e. The largest absolute Gasteiger partial charge is 0.356 e. The minimum absolute atomic E-state index is 0.0330. The predicted octanol–water partition coefficient (Wildman–Crippen LogP) is 3.54. The van der Waals surface area contributed by atoms with Crippen molar-refractivity contribution in [2.24, 2.45) is 0 Å². The van der Waals surface area contributed by atoms with Crippen LogP contribution in [0.4, 0.5) is 0 Å². The molecular weight excluding hydrogens is 302 g/mol. The molecule has 142 valence electrons. The Morgan fingerprint density at radius 3 is 1.92 bits per heavy atom. The molecule has 0 saturated carbocycles. The monoisotopic (exact) mass is 342 g/mol. The van der Waals surface area contributed by atoms with Crippen LogP contribution < -0.4 is 10.7 Å². The van der Waals surface area contributed by atoms with Crippen molar-refractivity contribution in [2.75, 3.05) is 27.2 Å². The lowest BCUT2D eigenvalue weighted by atomic mass is 10.1. The lowest BCUT2D eigenvalue weighted by Gasteiger charge is -2.28. The maximum atomic E-state index is 11.8. The fraction of sp³-hybridized carbons (Fsp3) is 0.895. The van der Waals surface area contributed by atoms with Crippen LogP contribution in [0.2, 0.25) is 0 Å². The lowest BCUT2D eigenvalue weighted by Crippen LogP contribution is -2.54. The van der Waals surface area contributed by atoms with Crippen molar-refractivity contribution in [3.8, 4) is 0 Å². The van der Waals surface area contributed by atoms with E-state index in [1.807, 2.05) is 14.1 Å². The minimum atomic E-state index is -0.0330. The Bertz CT molecular complexity index is 344. The predicted molar refractivity (Wildman–Crippen MR) is 100 cm³/mol. The number of rotatable bonds is 15. The van der Waals surface area contributed by atoms with Crippen LogP contribution in [-0.4, -0.2) is 43.6 Å². The summed E-state index contributed by atoms with van der Waals surface area (Å²) in [4.78, 5) is 22.8. The summed E-state index contributed by atoms with van der Waals surface area (Å²) < 4.78 is 0.448. The van der Waals surface area contributed by atoms with Crippen molar-refractivity contribution in [3.05, 3.63) is 0 Å². The zero-order valence-electron chi connectivity index (χ0n) is 16.5. The van der Waals surface area contributed by atoms with E-state index < -0.39 is 0 Å². The molecule has 0 aromatic carbocycles. The molecule has 0 atom stereocenters. The molecule has 0 spiro atoms. The van der Waals surface area contributed by atoms with Gasteiger partial charge in [-0.2, -0.15) is 0 Å². The summed E-state index contributed by atoms with van der Waals surface area (Å²) in [7, 11) is 3.90. The molecule has 0 fully saturated rings. The molecule has 0 unspecified atom stereocenters. The Balaban J connectivity index is 3.43. The highest BCUT2D eigenvalue weighted by molar-refractivity contribution is 5.75. The molecule has 0 aliphatic heterocycles. The Kier molecular flexibility index (Phi) is 13.6. The van der Waals surface area contributed by atoms with Crippen molar-refractivity contribution in [2.45, 2.75) is 84.5 Å². The maximum absolute atomic E-state index is 11.8. The van der Waals surface area contributed by atoms with Gasteiger partial charge in [0.2, 0.25) is 5.91 Å². The Morgan fingerprint density at radius 1 is 0.833 bits per heavy atom. The third-order valence-electron chi connectivity index (χ3n) is 4.18. The third-order valence-corrected chi connectivity index (χ3v) is 4.18. The molecule has 0 radical (unpaired) electrons. The van der Waals surface area contributed by atoms with Gasteiger partial charge in [0.05, 0.1) is 14.1 Å². The van der Waals surface area contributed by atoms with Crippen LogP contribution in [0.1, 0.15) is 84.5 Å². The van der Waals surface area contributed by atoms with Crippen molar-refractivity contribution in [1.82, 2.24) is 10.7 Å². The number of hydrogen-bond acceptors (Lipinski definition) is 2. The molecule has 2 N–H and O–H groups in total. The first-order chi connectivity index (χ1) is 11.4. The normalized spacial score (nSPS) is 11.3. The molecule has 0 saturated heterocycles. The van der Waals surface area contributed by atoms with Crippen LogP contribution in [-0.2, 0) is 9.59 Å². The molecule has 2 amide bonds. The molecule has 0 aromatic rings. The number of carbonyl (C=O) groups excluding carboxylic acids is 2. The van der Waals surface area contributed by atoms with E-state index in [1.54, 1.807) is 0 Å². The van der Waals surface area contributed by atoms with Gasteiger partial charge in [-0.3, -0.25) is 9.59 Å². The first-order valence-electron chi connectivity index (χ1n) is 9.76. The number of nitrogens with one attached hydrogen (secondary N) is 2. The first-order valence-corrected chi connectivity index (χ1v) is 9.76. The van der Waals surface area contributed by atoms with Crippen LogP contribution >= 0.6 is 0 Å². The summed E-state index contributed by atoms with van der Waals surface area (Å²) >= 11 is 0. The molecule has 0 heterocycles. The van der Waals surface area contributed by atoms with E-state index in [1.165, 1.54) is 51.9 Å². The number of quaternary nitrogens is 1. The van der Waals surface area contributed by atoms with Gasteiger partial charge in [-0.1, -0.05) is 58.3 Å². The summed E-state index contributed by atoms with van der Waals surface area (Å²) in [5.74, 6) is 0.122.